The summed E-state index contributed by atoms with van der Waals surface area (Å²) in [7, 11) is 0. The van der Waals surface area contributed by atoms with Gasteiger partial charge in [-0.3, -0.25) is 4.90 Å². The molecule has 1 saturated heterocycles. The first-order valence-corrected chi connectivity index (χ1v) is 10.8. The number of likely N-dealkylation sites (tertiary alicyclic amines) is 1. The first kappa shape index (κ1) is 22.0. The second-order valence-electron chi connectivity index (χ2n) is 8.09. The molecule has 1 aromatic carbocycles. The van der Waals surface area contributed by atoms with E-state index in [0.29, 0.717) is 16.9 Å². The zero-order valence-corrected chi connectivity index (χ0v) is 18.0. The highest BCUT2D eigenvalue weighted by Gasteiger charge is 2.27. The molecule has 0 amide bonds. The van der Waals surface area contributed by atoms with Crippen LogP contribution in [0.3, 0.4) is 0 Å². The summed E-state index contributed by atoms with van der Waals surface area (Å²) in [6, 6.07) is 9.89. The molecule has 3 aromatic rings. The first-order valence-electron chi connectivity index (χ1n) is 10.4. The third-order valence-corrected chi connectivity index (χ3v) is 5.97. The molecule has 5 nitrogen and oxygen atoms in total. The van der Waals surface area contributed by atoms with Gasteiger partial charge in [0.15, 0.2) is 5.65 Å². The van der Waals surface area contributed by atoms with Crippen molar-refractivity contribution in [1.29, 1.82) is 0 Å². The Kier molecular flexibility index (Phi) is 6.50. The van der Waals surface area contributed by atoms with Crippen LogP contribution < -0.4 is 5.32 Å². The number of aryl methyl sites for hydroxylation is 1. The lowest BCUT2D eigenvalue weighted by atomic mass is 9.94. The topological polar surface area (TPSA) is 45.5 Å². The molecule has 1 fully saturated rings. The minimum Gasteiger partial charge on any atom is -0.304 e. The third-order valence-electron chi connectivity index (χ3n) is 5.71. The van der Waals surface area contributed by atoms with E-state index in [1.54, 1.807) is 6.20 Å². The van der Waals surface area contributed by atoms with Gasteiger partial charge in [-0.15, -0.1) is 0 Å². The van der Waals surface area contributed by atoms with Crippen LogP contribution in [-0.4, -0.2) is 45.3 Å². The molecule has 3 heterocycles. The molecule has 31 heavy (non-hydrogen) atoms. The molecule has 0 bridgehead atoms. The smallest absolute Gasteiger partial charge is 0.304 e. The molecule has 166 valence electrons. The third kappa shape index (κ3) is 5.37. The second kappa shape index (κ2) is 9.14. The van der Waals surface area contributed by atoms with Crippen LogP contribution in [0.5, 0.6) is 0 Å². The van der Waals surface area contributed by atoms with Gasteiger partial charge < -0.3 is 5.32 Å². The number of benzene rings is 1. The van der Waals surface area contributed by atoms with Crippen molar-refractivity contribution in [2.24, 2.45) is 0 Å². The summed E-state index contributed by atoms with van der Waals surface area (Å²) in [5.74, 6) is 0.279. The second-order valence-corrected chi connectivity index (χ2v) is 8.52. The Bertz CT molecular complexity index is 1030. The quantitative estimate of drug-likeness (QED) is 0.589. The molecular formula is C22H25ClF3N5. The maximum atomic E-state index is 12.5. The maximum Gasteiger partial charge on any atom is 0.401 e. The number of hydrogen-bond acceptors (Lipinski definition) is 4. The summed E-state index contributed by atoms with van der Waals surface area (Å²) >= 11 is 5.99. The predicted molar refractivity (Wildman–Crippen MR) is 114 cm³/mol. The average molecular weight is 452 g/mol. The Morgan fingerprint density at radius 2 is 1.97 bits per heavy atom. The number of hydrogen-bond donors (Lipinski definition) is 1. The van der Waals surface area contributed by atoms with Gasteiger partial charge in [0.2, 0.25) is 0 Å². The van der Waals surface area contributed by atoms with Crippen LogP contribution in [0.25, 0.3) is 5.65 Å². The lowest BCUT2D eigenvalue weighted by molar-refractivity contribution is -0.125. The molecule has 0 aliphatic carbocycles. The van der Waals surface area contributed by atoms with Crippen LogP contribution >= 0.6 is 11.6 Å². The van der Waals surface area contributed by atoms with E-state index in [2.05, 4.69) is 20.3 Å². The highest BCUT2D eigenvalue weighted by molar-refractivity contribution is 6.30. The van der Waals surface area contributed by atoms with Crippen molar-refractivity contribution < 1.29 is 13.2 Å². The van der Waals surface area contributed by atoms with Crippen molar-refractivity contribution in [2.45, 2.75) is 44.9 Å². The molecule has 0 radical (unpaired) electrons. The fourth-order valence-corrected chi connectivity index (χ4v) is 4.37. The van der Waals surface area contributed by atoms with Crippen molar-refractivity contribution >= 4 is 17.2 Å². The molecule has 0 saturated carbocycles. The molecule has 1 atom stereocenters. The number of nitrogens with zero attached hydrogens (tertiary/aromatic N) is 4. The molecule has 1 aliphatic rings. The first-order chi connectivity index (χ1) is 14.8. The molecule has 0 spiro atoms. The molecule has 2 aromatic heterocycles. The van der Waals surface area contributed by atoms with E-state index in [1.807, 2.05) is 41.8 Å². The van der Waals surface area contributed by atoms with Crippen LogP contribution in [0.4, 0.5) is 13.2 Å². The summed E-state index contributed by atoms with van der Waals surface area (Å²) in [6.07, 6.45) is -0.401. The number of piperidine rings is 1. The van der Waals surface area contributed by atoms with Gasteiger partial charge in [0.05, 0.1) is 17.9 Å². The predicted octanol–water partition coefficient (Wildman–Crippen LogP) is 4.72. The SMILES string of the molecule is Cc1nn2c(C3CCCN(Cc4ccc(Cl)cc4)C3)ccnc2c1CNCC(F)(F)F. The molecular weight excluding hydrogens is 427 g/mol. The van der Waals surface area contributed by atoms with Crippen LogP contribution in [-0.2, 0) is 13.1 Å². The molecule has 4 rings (SSSR count). The summed E-state index contributed by atoms with van der Waals surface area (Å²) in [5, 5.41) is 7.81. The molecule has 9 heteroatoms. The van der Waals surface area contributed by atoms with Gasteiger partial charge in [0.1, 0.15) is 0 Å². The van der Waals surface area contributed by atoms with Gasteiger partial charge in [-0.05, 0) is 50.1 Å². The lowest BCUT2D eigenvalue weighted by Gasteiger charge is -2.33. The van der Waals surface area contributed by atoms with E-state index >= 15 is 0 Å². The van der Waals surface area contributed by atoms with Gasteiger partial charge in [0.25, 0.3) is 0 Å². The van der Waals surface area contributed by atoms with E-state index in [9.17, 15) is 13.2 Å². The molecule has 1 unspecified atom stereocenters. The van der Waals surface area contributed by atoms with E-state index in [4.69, 9.17) is 11.6 Å². The Labute approximate surface area is 184 Å². The summed E-state index contributed by atoms with van der Waals surface area (Å²) < 4.78 is 39.3. The highest BCUT2D eigenvalue weighted by Crippen LogP contribution is 2.29. The monoisotopic (exact) mass is 451 g/mol. The van der Waals surface area contributed by atoms with E-state index in [-0.39, 0.29) is 12.5 Å². The normalized spacial score (nSPS) is 18.0. The average Bonchev–Trinajstić information content (AvgIpc) is 3.04. The van der Waals surface area contributed by atoms with Gasteiger partial charge in [-0.25, -0.2) is 9.50 Å². The number of rotatable bonds is 6. The maximum absolute atomic E-state index is 12.5. The van der Waals surface area contributed by atoms with Crippen LogP contribution in [0, 0.1) is 6.92 Å². The summed E-state index contributed by atoms with van der Waals surface area (Å²) in [4.78, 5) is 6.84. The van der Waals surface area contributed by atoms with E-state index in [1.165, 1.54) is 5.56 Å². The summed E-state index contributed by atoms with van der Waals surface area (Å²) in [6.45, 7) is 3.63. The van der Waals surface area contributed by atoms with Crippen molar-refractivity contribution in [2.75, 3.05) is 19.6 Å². The Morgan fingerprint density at radius 3 is 2.71 bits per heavy atom. The number of halogens is 4. The van der Waals surface area contributed by atoms with Gasteiger partial charge in [0, 0.05) is 42.3 Å². The number of fused-ring (bicyclic) bond motifs is 1. The number of alkyl halides is 3. The van der Waals surface area contributed by atoms with Crippen molar-refractivity contribution in [3.8, 4) is 0 Å². The summed E-state index contributed by atoms with van der Waals surface area (Å²) in [5.41, 5.74) is 4.30. The Hall–Kier alpha value is -2.16. The lowest BCUT2D eigenvalue weighted by Crippen LogP contribution is -2.34. The van der Waals surface area contributed by atoms with Crippen LogP contribution in [0.1, 0.15) is 41.3 Å². The van der Waals surface area contributed by atoms with Crippen LogP contribution in [0.15, 0.2) is 36.5 Å². The van der Waals surface area contributed by atoms with Gasteiger partial charge in [-0.1, -0.05) is 23.7 Å². The fourth-order valence-electron chi connectivity index (χ4n) is 4.25. The van der Waals surface area contributed by atoms with Gasteiger partial charge >= 0.3 is 6.18 Å². The number of aromatic nitrogens is 3. The standard InChI is InChI=1S/C22H25ClF3N5/c1-15-19(11-27-14-22(24,25)26)21-28-9-8-20(31(21)29-15)17-3-2-10-30(13-17)12-16-4-6-18(23)7-5-16/h4-9,17,27H,2-3,10-14H2,1H3. The minimum absolute atomic E-state index is 0.0820. The van der Waals surface area contributed by atoms with Crippen molar-refractivity contribution in [1.82, 2.24) is 24.8 Å². The zero-order chi connectivity index (χ0) is 22.0. The minimum atomic E-state index is -4.24. The Morgan fingerprint density at radius 1 is 1.19 bits per heavy atom. The van der Waals surface area contributed by atoms with Crippen molar-refractivity contribution in [3.63, 3.8) is 0 Å². The molecule has 1 aliphatic heterocycles. The van der Waals surface area contributed by atoms with E-state index < -0.39 is 12.7 Å². The van der Waals surface area contributed by atoms with E-state index in [0.717, 1.165) is 43.2 Å². The van der Waals surface area contributed by atoms with Gasteiger partial charge in [-0.2, -0.15) is 18.3 Å². The Balaban J connectivity index is 1.52. The zero-order valence-electron chi connectivity index (χ0n) is 17.3. The highest BCUT2D eigenvalue weighted by atomic mass is 35.5. The number of nitrogens with one attached hydrogen (secondary N) is 1. The molecule has 1 N–H and O–H groups in total. The fraction of sp³-hybridized carbons (Fsp3) is 0.455. The van der Waals surface area contributed by atoms with Crippen molar-refractivity contribution in [3.05, 3.63) is 64.1 Å². The largest absolute Gasteiger partial charge is 0.401 e. The van der Waals surface area contributed by atoms with Crippen LogP contribution in [0.2, 0.25) is 5.02 Å².